The summed E-state index contributed by atoms with van der Waals surface area (Å²) in [7, 11) is 0. The number of allylic oxidation sites excluding steroid dienone is 8. The van der Waals surface area contributed by atoms with Gasteiger partial charge in [0.25, 0.3) is 0 Å². The smallest absolute Gasteiger partial charge is 0.0754 e. The van der Waals surface area contributed by atoms with Gasteiger partial charge in [0.15, 0.2) is 0 Å². The van der Waals surface area contributed by atoms with Gasteiger partial charge in [-0.1, -0.05) is 105 Å². The van der Waals surface area contributed by atoms with Crippen LogP contribution < -0.4 is 0 Å². The second-order valence-corrected chi connectivity index (χ2v) is 8.29. The first-order chi connectivity index (χ1) is 15.7. The van der Waals surface area contributed by atoms with Crippen molar-refractivity contribution in [3.63, 3.8) is 0 Å². The summed E-state index contributed by atoms with van der Waals surface area (Å²) in [5, 5.41) is 2.48. The summed E-state index contributed by atoms with van der Waals surface area (Å²) in [5.74, 6) is 0. The van der Waals surface area contributed by atoms with Crippen molar-refractivity contribution in [3.8, 4) is 0 Å². The summed E-state index contributed by atoms with van der Waals surface area (Å²) in [6.07, 6.45) is 7.93. The maximum absolute atomic E-state index is 4.29. The molecular weight excluding hydrogens is 386 g/mol. The van der Waals surface area contributed by atoms with E-state index in [0.717, 1.165) is 22.4 Å². The third-order valence-corrected chi connectivity index (χ3v) is 7.14. The number of fused-ring (bicyclic) bond motifs is 6. The molecule has 1 spiro atoms. The molecule has 3 aromatic carbocycles. The molecule has 1 aliphatic carbocycles. The Morgan fingerprint density at radius 2 is 1.31 bits per heavy atom. The van der Waals surface area contributed by atoms with E-state index in [-0.39, 0.29) is 0 Å². The predicted octanol–water partition coefficient (Wildman–Crippen LogP) is 7.82. The summed E-state index contributed by atoms with van der Waals surface area (Å²) in [4.78, 5) is 0. The first-order valence-corrected chi connectivity index (χ1v) is 10.9. The van der Waals surface area contributed by atoms with E-state index >= 15 is 0 Å². The van der Waals surface area contributed by atoms with E-state index < -0.39 is 5.41 Å². The average molecular weight is 410 g/mol. The SMILES string of the molecule is C=CC1=C(C=C)C2(C(C=C)=C(C=C)n3c4ccccc4c4cccc2c43)c2ccccc21. The number of para-hydroxylation sites is 2. The third-order valence-electron chi connectivity index (χ3n) is 7.14. The lowest BCUT2D eigenvalue weighted by Gasteiger charge is -2.40. The minimum absolute atomic E-state index is 0.517. The maximum atomic E-state index is 4.29. The highest BCUT2D eigenvalue weighted by molar-refractivity contribution is 6.14. The number of hydrogen-bond donors (Lipinski definition) is 0. The van der Waals surface area contributed by atoms with Crippen molar-refractivity contribution in [3.05, 3.63) is 145 Å². The lowest BCUT2D eigenvalue weighted by atomic mass is 9.64. The van der Waals surface area contributed by atoms with Gasteiger partial charge in [0, 0.05) is 10.8 Å². The standard InChI is InChI=1S/C31H23N/c1-5-20-21-14-9-11-17-26(21)31(24(20)6-2)25(7-3)28(8-4)32-29-19-12-10-15-22(29)23-16-13-18-27(31)30(23)32/h5-19H,1-4H2. The van der Waals surface area contributed by atoms with Crippen molar-refractivity contribution >= 4 is 33.1 Å². The van der Waals surface area contributed by atoms with Gasteiger partial charge in [-0.15, -0.1) is 0 Å². The highest BCUT2D eigenvalue weighted by Gasteiger charge is 2.50. The van der Waals surface area contributed by atoms with Crippen LogP contribution in [0.25, 0.3) is 33.1 Å². The molecule has 0 fully saturated rings. The molecule has 1 atom stereocenters. The second kappa shape index (κ2) is 6.45. The Morgan fingerprint density at radius 3 is 2.06 bits per heavy atom. The fourth-order valence-corrected chi connectivity index (χ4v) is 6.09. The molecule has 0 bridgehead atoms. The van der Waals surface area contributed by atoms with E-state index in [0.29, 0.717) is 0 Å². The van der Waals surface area contributed by atoms with Gasteiger partial charge in [-0.25, -0.2) is 0 Å². The van der Waals surface area contributed by atoms with Crippen LogP contribution in [0.15, 0.2) is 128 Å². The minimum Gasteiger partial charge on any atom is -0.309 e. The number of benzene rings is 3. The largest absolute Gasteiger partial charge is 0.309 e. The molecule has 0 saturated carbocycles. The van der Waals surface area contributed by atoms with Gasteiger partial charge in [0.05, 0.1) is 22.1 Å². The topological polar surface area (TPSA) is 4.93 Å². The first-order valence-electron chi connectivity index (χ1n) is 10.9. The number of rotatable bonds is 4. The molecule has 1 aliphatic heterocycles. The zero-order valence-electron chi connectivity index (χ0n) is 17.9. The van der Waals surface area contributed by atoms with E-state index in [1.807, 2.05) is 24.3 Å². The molecule has 2 heterocycles. The molecule has 0 saturated heterocycles. The Bertz CT molecular complexity index is 1580. The molecule has 1 nitrogen and oxygen atoms in total. The van der Waals surface area contributed by atoms with Crippen molar-refractivity contribution in [2.75, 3.05) is 0 Å². The number of nitrogens with zero attached hydrogens (tertiary/aromatic N) is 1. The zero-order valence-corrected chi connectivity index (χ0v) is 17.9. The van der Waals surface area contributed by atoms with Gasteiger partial charge in [-0.05, 0) is 45.6 Å². The average Bonchev–Trinajstić information content (AvgIpc) is 3.33. The lowest BCUT2D eigenvalue weighted by molar-refractivity contribution is 0.751. The van der Waals surface area contributed by atoms with Crippen LogP contribution in [0.1, 0.15) is 16.7 Å². The molecule has 32 heavy (non-hydrogen) atoms. The number of hydrogen-bond acceptors (Lipinski definition) is 0. The van der Waals surface area contributed by atoms with Crippen molar-refractivity contribution in [1.82, 2.24) is 4.57 Å². The van der Waals surface area contributed by atoms with Crippen LogP contribution in [0.5, 0.6) is 0 Å². The fraction of sp³-hybridized carbons (Fsp3) is 0.0323. The Kier molecular flexibility index (Phi) is 3.76. The third kappa shape index (κ3) is 1.90. The molecule has 0 amide bonds. The maximum Gasteiger partial charge on any atom is 0.0754 e. The van der Waals surface area contributed by atoms with Crippen LogP contribution in [0.4, 0.5) is 0 Å². The summed E-state index contributed by atoms with van der Waals surface area (Å²) >= 11 is 0. The van der Waals surface area contributed by atoms with Crippen molar-refractivity contribution in [2.24, 2.45) is 0 Å². The predicted molar refractivity (Wildman–Crippen MR) is 138 cm³/mol. The van der Waals surface area contributed by atoms with E-state index in [1.54, 1.807) is 0 Å². The van der Waals surface area contributed by atoms with Crippen LogP contribution in [-0.4, -0.2) is 4.57 Å². The van der Waals surface area contributed by atoms with E-state index in [9.17, 15) is 0 Å². The number of aromatic nitrogens is 1. The quantitative estimate of drug-likeness (QED) is 0.324. The van der Waals surface area contributed by atoms with Crippen LogP contribution in [0.3, 0.4) is 0 Å². The normalized spacial score (nSPS) is 19.0. The Labute approximate surface area is 188 Å². The molecule has 152 valence electrons. The molecule has 2 aliphatic rings. The zero-order chi connectivity index (χ0) is 22.0. The van der Waals surface area contributed by atoms with Gasteiger partial charge in [0.2, 0.25) is 0 Å². The second-order valence-electron chi connectivity index (χ2n) is 8.29. The van der Waals surface area contributed by atoms with Crippen molar-refractivity contribution in [2.45, 2.75) is 5.41 Å². The molecule has 0 N–H and O–H groups in total. The van der Waals surface area contributed by atoms with E-state index in [4.69, 9.17) is 0 Å². The highest BCUT2D eigenvalue weighted by Crippen LogP contribution is 2.60. The van der Waals surface area contributed by atoms with Crippen molar-refractivity contribution in [1.29, 1.82) is 0 Å². The summed E-state index contributed by atoms with van der Waals surface area (Å²) in [6.45, 7) is 17.0. The molecule has 6 rings (SSSR count). The molecule has 1 heteroatoms. The van der Waals surface area contributed by atoms with Crippen LogP contribution >= 0.6 is 0 Å². The highest BCUT2D eigenvalue weighted by atomic mass is 15.0. The van der Waals surface area contributed by atoms with Gasteiger partial charge in [0.1, 0.15) is 0 Å². The molecule has 1 unspecified atom stereocenters. The van der Waals surface area contributed by atoms with Gasteiger partial charge < -0.3 is 4.57 Å². The summed E-state index contributed by atoms with van der Waals surface area (Å²) in [6, 6.07) is 23.9. The minimum atomic E-state index is -0.517. The van der Waals surface area contributed by atoms with Gasteiger partial charge in [-0.3, -0.25) is 0 Å². The molecule has 0 radical (unpaired) electrons. The van der Waals surface area contributed by atoms with E-state index in [1.165, 1.54) is 38.5 Å². The molecule has 4 aromatic rings. The van der Waals surface area contributed by atoms with Crippen LogP contribution in [-0.2, 0) is 5.41 Å². The van der Waals surface area contributed by atoms with Crippen molar-refractivity contribution < 1.29 is 0 Å². The van der Waals surface area contributed by atoms with Crippen LogP contribution in [0, 0.1) is 0 Å². The molecular formula is C31H23N. The summed E-state index contributed by atoms with van der Waals surface area (Å²) in [5.41, 5.74) is 10.0. The van der Waals surface area contributed by atoms with Crippen LogP contribution in [0.2, 0.25) is 0 Å². The lowest BCUT2D eigenvalue weighted by Crippen LogP contribution is -2.34. The Hall–Kier alpha value is -4.10. The first kappa shape index (κ1) is 18.7. The molecule has 1 aromatic heterocycles. The Balaban J connectivity index is 1.96. The Morgan fingerprint density at radius 1 is 0.625 bits per heavy atom. The van der Waals surface area contributed by atoms with Gasteiger partial charge >= 0.3 is 0 Å². The fourth-order valence-electron chi connectivity index (χ4n) is 6.09. The van der Waals surface area contributed by atoms with Gasteiger partial charge in [-0.2, -0.15) is 0 Å². The monoisotopic (exact) mass is 409 g/mol. The summed E-state index contributed by atoms with van der Waals surface area (Å²) < 4.78 is 2.35. The van der Waals surface area contributed by atoms with E-state index in [2.05, 4.69) is 97.6 Å².